The molecule has 0 saturated heterocycles. The number of hydrogen-bond acceptors (Lipinski definition) is 3. The Kier molecular flexibility index (Phi) is 9.93. The molecule has 0 fully saturated rings. The van der Waals surface area contributed by atoms with E-state index in [0.29, 0.717) is 31.3 Å². The Morgan fingerprint density at radius 3 is 2.58 bits per heavy atom. The lowest BCUT2D eigenvalue weighted by atomic mass is 10.0. The minimum absolute atomic E-state index is 0. The van der Waals surface area contributed by atoms with Crippen molar-refractivity contribution in [3.05, 3.63) is 83.7 Å². The van der Waals surface area contributed by atoms with Crippen LogP contribution >= 0.6 is 24.0 Å². The molecule has 1 unspecified atom stereocenters. The van der Waals surface area contributed by atoms with E-state index in [1.54, 1.807) is 23.0 Å². The molecule has 3 aromatic rings. The van der Waals surface area contributed by atoms with Crippen molar-refractivity contribution in [2.75, 3.05) is 19.7 Å². The second-order valence-corrected chi connectivity index (χ2v) is 7.00. The number of aliphatic hydroxyl groups excluding tert-OH is 1. The van der Waals surface area contributed by atoms with Crippen LogP contribution in [0.25, 0.3) is 5.69 Å². The van der Waals surface area contributed by atoms with Gasteiger partial charge in [0.15, 0.2) is 5.96 Å². The van der Waals surface area contributed by atoms with E-state index >= 15 is 0 Å². The van der Waals surface area contributed by atoms with E-state index < -0.39 is 0 Å². The standard InChI is InChI=1S/C23H28FN5O.HI/c1-3-25-23(28-15-20(16-30)19-7-5-4-6-8-19)27-14-18-9-10-22(21(24)13-18)29-12-11-26-17(29)2;/h4-13,20,30H,3,14-16H2,1-2H3,(H2,25,27,28);1H. The van der Waals surface area contributed by atoms with Gasteiger partial charge in [-0.3, -0.25) is 0 Å². The monoisotopic (exact) mass is 537 g/mol. The molecule has 1 heterocycles. The smallest absolute Gasteiger partial charge is 0.191 e. The molecule has 31 heavy (non-hydrogen) atoms. The Hall–Kier alpha value is -2.46. The average Bonchev–Trinajstić information content (AvgIpc) is 3.18. The highest BCUT2D eigenvalue weighted by Crippen LogP contribution is 2.17. The Labute approximate surface area is 199 Å². The van der Waals surface area contributed by atoms with Gasteiger partial charge < -0.3 is 20.3 Å². The number of aliphatic imine (C=N–C) groups is 1. The zero-order valence-corrected chi connectivity index (χ0v) is 20.1. The molecule has 0 amide bonds. The summed E-state index contributed by atoms with van der Waals surface area (Å²) in [7, 11) is 0. The molecule has 0 aliphatic rings. The highest BCUT2D eigenvalue weighted by Gasteiger charge is 2.11. The predicted molar refractivity (Wildman–Crippen MR) is 133 cm³/mol. The van der Waals surface area contributed by atoms with Crippen molar-refractivity contribution in [2.45, 2.75) is 26.3 Å². The molecule has 0 spiro atoms. The van der Waals surface area contributed by atoms with Crippen LogP contribution in [0.5, 0.6) is 0 Å². The van der Waals surface area contributed by atoms with E-state index in [0.717, 1.165) is 17.0 Å². The molecule has 0 saturated carbocycles. The second-order valence-electron chi connectivity index (χ2n) is 7.00. The second kappa shape index (κ2) is 12.4. The first-order chi connectivity index (χ1) is 14.6. The van der Waals surface area contributed by atoms with Crippen LogP contribution in [-0.4, -0.2) is 40.3 Å². The van der Waals surface area contributed by atoms with Crippen LogP contribution in [0, 0.1) is 12.7 Å². The van der Waals surface area contributed by atoms with E-state index in [1.807, 2.05) is 50.2 Å². The normalized spacial score (nSPS) is 12.2. The maximum absolute atomic E-state index is 14.6. The van der Waals surface area contributed by atoms with Gasteiger partial charge in [-0.2, -0.15) is 0 Å². The van der Waals surface area contributed by atoms with Gasteiger partial charge in [0.1, 0.15) is 11.6 Å². The molecule has 8 heteroatoms. The SMILES string of the molecule is CCNC(=NCc1ccc(-n2ccnc2C)c(F)c1)NCC(CO)c1ccccc1.I. The van der Waals surface area contributed by atoms with Gasteiger partial charge in [0.25, 0.3) is 0 Å². The lowest BCUT2D eigenvalue weighted by molar-refractivity contribution is 0.265. The molecule has 0 aliphatic carbocycles. The molecule has 1 aromatic heterocycles. The Morgan fingerprint density at radius 1 is 1.19 bits per heavy atom. The highest BCUT2D eigenvalue weighted by molar-refractivity contribution is 14.0. The highest BCUT2D eigenvalue weighted by atomic mass is 127. The number of halogens is 2. The molecule has 2 aromatic carbocycles. The molecule has 0 aliphatic heterocycles. The fraction of sp³-hybridized carbons (Fsp3) is 0.304. The first-order valence-corrected chi connectivity index (χ1v) is 10.1. The summed E-state index contributed by atoms with van der Waals surface area (Å²) in [6, 6.07) is 15.0. The van der Waals surface area contributed by atoms with Gasteiger partial charge in [0.2, 0.25) is 0 Å². The lowest BCUT2D eigenvalue weighted by Crippen LogP contribution is -2.39. The molecular formula is C23H29FIN5O. The summed E-state index contributed by atoms with van der Waals surface area (Å²) in [5.41, 5.74) is 2.31. The van der Waals surface area contributed by atoms with Crippen LogP contribution in [0.2, 0.25) is 0 Å². The fourth-order valence-corrected chi connectivity index (χ4v) is 3.22. The van der Waals surface area contributed by atoms with Gasteiger partial charge in [-0.25, -0.2) is 14.4 Å². The molecule has 1 atom stereocenters. The first kappa shape index (κ1) is 24.8. The number of rotatable bonds is 8. The summed E-state index contributed by atoms with van der Waals surface area (Å²) in [5.74, 6) is 1.01. The molecule has 166 valence electrons. The van der Waals surface area contributed by atoms with Gasteiger partial charge in [-0.05, 0) is 37.1 Å². The van der Waals surface area contributed by atoms with Crippen LogP contribution in [0.1, 0.15) is 29.8 Å². The summed E-state index contributed by atoms with van der Waals surface area (Å²) in [6.07, 6.45) is 3.39. The Bertz CT molecular complexity index is 977. The topological polar surface area (TPSA) is 74.5 Å². The van der Waals surface area contributed by atoms with Crippen molar-refractivity contribution in [3.63, 3.8) is 0 Å². The van der Waals surface area contributed by atoms with Crippen LogP contribution in [0.15, 0.2) is 65.9 Å². The third-order valence-corrected chi connectivity index (χ3v) is 4.87. The minimum atomic E-state index is -0.314. The quantitative estimate of drug-likeness (QED) is 0.233. The summed E-state index contributed by atoms with van der Waals surface area (Å²) in [5, 5.41) is 16.2. The number of aromatic nitrogens is 2. The first-order valence-electron chi connectivity index (χ1n) is 10.1. The number of aryl methyl sites for hydroxylation is 1. The van der Waals surface area contributed by atoms with E-state index in [2.05, 4.69) is 20.6 Å². The molecule has 3 N–H and O–H groups in total. The molecule has 0 bridgehead atoms. The molecular weight excluding hydrogens is 508 g/mol. The summed E-state index contributed by atoms with van der Waals surface area (Å²) < 4.78 is 16.3. The lowest BCUT2D eigenvalue weighted by Gasteiger charge is -2.18. The number of guanidine groups is 1. The summed E-state index contributed by atoms with van der Waals surface area (Å²) >= 11 is 0. The van der Waals surface area contributed by atoms with E-state index in [-0.39, 0.29) is 42.3 Å². The zero-order valence-electron chi connectivity index (χ0n) is 17.8. The number of nitrogens with one attached hydrogen (secondary N) is 2. The minimum Gasteiger partial charge on any atom is -0.396 e. The van der Waals surface area contributed by atoms with Crippen LogP contribution in [-0.2, 0) is 6.54 Å². The van der Waals surface area contributed by atoms with Gasteiger partial charge in [0.05, 0.1) is 18.8 Å². The number of aliphatic hydroxyl groups is 1. The van der Waals surface area contributed by atoms with Crippen molar-refractivity contribution in [2.24, 2.45) is 4.99 Å². The third-order valence-electron chi connectivity index (χ3n) is 4.87. The van der Waals surface area contributed by atoms with Crippen molar-refractivity contribution in [1.29, 1.82) is 0 Å². The summed E-state index contributed by atoms with van der Waals surface area (Å²) in [4.78, 5) is 8.70. The van der Waals surface area contributed by atoms with Crippen LogP contribution in [0.4, 0.5) is 4.39 Å². The van der Waals surface area contributed by atoms with Gasteiger partial charge in [0, 0.05) is 31.4 Å². The van der Waals surface area contributed by atoms with E-state index in [9.17, 15) is 9.50 Å². The zero-order chi connectivity index (χ0) is 21.3. The van der Waals surface area contributed by atoms with Gasteiger partial charge >= 0.3 is 0 Å². The van der Waals surface area contributed by atoms with Crippen LogP contribution < -0.4 is 10.6 Å². The number of imidazole rings is 1. The molecule has 3 rings (SSSR count). The summed E-state index contributed by atoms with van der Waals surface area (Å²) in [6.45, 7) is 5.44. The Balaban J connectivity index is 0.00000341. The van der Waals surface area contributed by atoms with Crippen LogP contribution in [0.3, 0.4) is 0 Å². The third kappa shape index (κ3) is 6.76. The fourth-order valence-electron chi connectivity index (χ4n) is 3.22. The van der Waals surface area contributed by atoms with E-state index in [1.165, 1.54) is 6.07 Å². The van der Waals surface area contributed by atoms with E-state index in [4.69, 9.17) is 0 Å². The largest absolute Gasteiger partial charge is 0.396 e. The number of benzene rings is 2. The predicted octanol–water partition coefficient (Wildman–Crippen LogP) is 3.77. The maximum atomic E-state index is 14.6. The van der Waals surface area contributed by atoms with Crippen molar-refractivity contribution >= 4 is 29.9 Å². The molecule has 0 radical (unpaired) electrons. The maximum Gasteiger partial charge on any atom is 0.191 e. The number of nitrogens with zero attached hydrogens (tertiary/aromatic N) is 3. The van der Waals surface area contributed by atoms with Crippen molar-refractivity contribution < 1.29 is 9.50 Å². The average molecular weight is 537 g/mol. The van der Waals surface area contributed by atoms with Crippen molar-refractivity contribution in [3.8, 4) is 5.69 Å². The number of hydrogen-bond donors (Lipinski definition) is 3. The van der Waals surface area contributed by atoms with Gasteiger partial charge in [-0.1, -0.05) is 36.4 Å². The molecule has 6 nitrogen and oxygen atoms in total. The Morgan fingerprint density at radius 2 is 1.97 bits per heavy atom. The van der Waals surface area contributed by atoms with Gasteiger partial charge in [-0.15, -0.1) is 24.0 Å². The van der Waals surface area contributed by atoms with Crippen molar-refractivity contribution in [1.82, 2.24) is 20.2 Å².